The number of benzene rings is 1. The lowest BCUT2D eigenvalue weighted by atomic mass is 9.89. The van der Waals surface area contributed by atoms with Crippen molar-refractivity contribution in [1.82, 2.24) is 19.7 Å². The van der Waals surface area contributed by atoms with E-state index in [1.165, 1.54) is 0 Å². The molecule has 4 heterocycles. The summed E-state index contributed by atoms with van der Waals surface area (Å²) in [4.78, 5) is 25.1. The van der Waals surface area contributed by atoms with Crippen molar-refractivity contribution < 1.29 is 9.32 Å². The third-order valence-electron chi connectivity index (χ3n) is 6.13. The smallest absolute Gasteiger partial charge is 0.261 e. The van der Waals surface area contributed by atoms with Crippen LogP contribution in [-0.4, -0.2) is 32.1 Å². The zero-order chi connectivity index (χ0) is 21.3. The molecule has 1 fully saturated rings. The first kappa shape index (κ1) is 18.5. The molecule has 1 aliphatic carbocycles. The molecule has 1 aliphatic heterocycles. The van der Waals surface area contributed by atoms with Crippen LogP contribution in [0.5, 0.6) is 0 Å². The van der Waals surface area contributed by atoms with Gasteiger partial charge in [-0.1, -0.05) is 38.1 Å². The largest absolute Gasteiger partial charge is 0.336 e. The van der Waals surface area contributed by atoms with E-state index in [1.54, 1.807) is 4.90 Å². The minimum Gasteiger partial charge on any atom is -0.336 e. The van der Waals surface area contributed by atoms with Gasteiger partial charge in [-0.3, -0.25) is 9.69 Å². The van der Waals surface area contributed by atoms with Crippen LogP contribution in [0, 0.1) is 5.41 Å². The van der Waals surface area contributed by atoms with Crippen LogP contribution in [0.15, 0.2) is 34.9 Å². The highest BCUT2D eigenvalue weighted by atomic mass is 16.5. The first-order valence-corrected chi connectivity index (χ1v) is 11.0. The number of carbonyl (C=O) groups excluding carboxylic acids is 1. The highest BCUT2D eigenvalue weighted by molar-refractivity contribution is 6.13. The second-order valence-corrected chi connectivity index (χ2v) is 9.92. The van der Waals surface area contributed by atoms with Crippen molar-refractivity contribution in [3.63, 3.8) is 0 Å². The summed E-state index contributed by atoms with van der Waals surface area (Å²) in [6.07, 6.45) is 2.92. The molecule has 158 valence electrons. The third kappa shape index (κ3) is 3.02. The maximum absolute atomic E-state index is 13.9. The van der Waals surface area contributed by atoms with Crippen LogP contribution in [0.2, 0.25) is 0 Å². The molecular weight excluding hydrogens is 390 g/mol. The Morgan fingerprint density at radius 3 is 2.74 bits per heavy atom. The van der Waals surface area contributed by atoms with E-state index in [0.29, 0.717) is 36.1 Å². The minimum absolute atomic E-state index is 0.0148. The van der Waals surface area contributed by atoms with Gasteiger partial charge >= 0.3 is 0 Å². The van der Waals surface area contributed by atoms with Crippen molar-refractivity contribution in [2.75, 3.05) is 11.4 Å². The van der Waals surface area contributed by atoms with Crippen molar-refractivity contribution in [2.24, 2.45) is 5.41 Å². The fourth-order valence-electron chi connectivity index (χ4n) is 4.54. The van der Waals surface area contributed by atoms with E-state index in [-0.39, 0.29) is 11.3 Å². The maximum atomic E-state index is 13.9. The predicted molar refractivity (Wildman–Crippen MR) is 118 cm³/mol. The van der Waals surface area contributed by atoms with Gasteiger partial charge in [0.25, 0.3) is 11.6 Å². The van der Waals surface area contributed by atoms with E-state index >= 15 is 0 Å². The standard InChI is InChI=1S/C24H25N5O2/c1-24(2,3)13-18-20-15(12-17(14-8-9-14)25-21(20)31-27-18)22(30)29-11-10-28-19-7-5-4-6-16(19)26-23(28)29/h4-7,12,14H,8-11,13H2,1-3H3. The quantitative estimate of drug-likeness (QED) is 0.485. The number of imidazole rings is 1. The first-order chi connectivity index (χ1) is 14.9. The fourth-order valence-corrected chi connectivity index (χ4v) is 4.54. The summed E-state index contributed by atoms with van der Waals surface area (Å²) < 4.78 is 7.75. The summed E-state index contributed by atoms with van der Waals surface area (Å²) >= 11 is 0. The topological polar surface area (TPSA) is 77.0 Å². The van der Waals surface area contributed by atoms with Crippen LogP contribution in [0.3, 0.4) is 0 Å². The average molecular weight is 415 g/mol. The van der Waals surface area contributed by atoms with Gasteiger partial charge in [0.2, 0.25) is 5.95 Å². The summed E-state index contributed by atoms with van der Waals surface area (Å²) in [5.74, 6) is 1.06. The highest BCUT2D eigenvalue weighted by Crippen LogP contribution is 2.41. The van der Waals surface area contributed by atoms with E-state index in [2.05, 4.69) is 36.6 Å². The average Bonchev–Trinajstić information content (AvgIpc) is 3.24. The molecule has 0 spiro atoms. The lowest BCUT2D eigenvalue weighted by molar-refractivity contribution is 0.0990. The van der Waals surface area contributed by atoms with Gasteiger partial charge in [0.1, 0.15) is 0 Å². The molecule has 1 saturated carbocycles. The highest BCUT2D eigenvalue weighted by Gasteiger charge is 2.34. The SMILES string of the molecule is CC(C)(C)Cc1noc2nc(C3CC3)cc(C(=O)N3CCn4c3nc3ccccc34)c12. The number of fused-ring (bicyclic) bond motifs is 4. The number of rotatable bonds is 3. The summed E-state index contributed by atoms with van der Waals surface area (Å²) in [7, 11) is 0. The lowest BCUT2D eigenvalue weighted by Crippen LogP contribution is -2.30. The van der Waals surface area contributed by atoms with E-state index in [4.69, 9.17) is 14.5 Å². The van der Waals surface area contributed by atoms with Crippen LogP contribution in [0.25, 0.3) is 22.1 Å². The maximum Gasteiger partial charge on any atom is 0.261 e. The van der Waals surface area contributed by atoms with Crippen LogP contribution >= 0.6 is 0 Å². The summed E-state index contributed by atoms with van der Waals surface area (Å²) in [5.41, 5.74) is 4.82. The third-order valence-corrected chi connectivity index (χ3v) is 6.13. The molecule has 31 heavy (non-hydrogen) atoms. The summed E-state index contributed by atoms with van der Waals surface area (Å²) in [6, 6.07) is 9.99. The second-order valence-electron chi connectivity index (χ2n) is 9.92. The molecular formula is C24H25N5O2. The van der Waals surface area contributed by atoms with E-state index in [9.17, 15) is 4.79 Å². The summed E-state index contributed by atoms with van der Waals surface area (Å²) in [5, 5.41) is 5.07. The zero-order valence-corrected chi connectivity index (χ0v) is 18.1. The van der Waals surface area contributed by atoms with Crippen molar-refractivity contribution in [2.45, 2.75) is 52.5 Å². The number of amides is 1. The second kappa shape index (κ2) is 6.39. The Balaban J connectivity index is 1.49. The Morgan fingerprint density at radius 1 is 1.16 bits per heavy atom. The number of para-hydroxylation sites is 2. The minimum atomic E-state index is -0.0540. The molecule has 2 aliphatic rings. The molecule has 4 aromatic rings. The van der Waals surface area contributed by atoms with Crippen molar-refractivity contribution in [1.29, 1.82) is 0 Å². The van der Waals surface area contributed by atoms with E-state index < -0.39 is 0 Å². The molecule has 0 radical (unpaired) electrons. The van der Waals surface area contributed by atoms with Crippen LogP contribution in [0.1, 0.15) is 61.3 Å². The van der Waals surface area contributed by atoms with Crippen molar-refractivity contribution in [3.05, 3.63) is 47.3 Å². The molecule has 0 unspecified atom stereocenters. The van der Waals surface area contributed by atoms with E-state index in [1.807, 2.05) is 24.3 Å². The molecule has 1 aromatic carbocycles. The molecule has 6 rings (SSSR count). The van der Waals surface area contributed by atoms with Gasteiger partial charge in [0.15, 0.2) is 0 Å². The Bertz CT molecular complexity index is 1340. The molecule has 7 nitrogen and oxygen atoms in total. The molecule has 1 amide bonds. The normalized spacial score (nSPS) is 16.4. The lowest BCUT2D eigenvalue weighted by Gasteiger charge is -2.18. The number of anilines is 1. The predicted octanol–water partition coefficient (Wildman–Crippen LogP) is 4.70. The number of hydrogen-bond acceptors (Lipinski definition) is 5. The summed E-state index contributed by atoms with van der Waals surface area (Å²) in [6.45, 7) is 7.82. The molecule has 0 saturated heterocycles. The van der Waals surface area contributed by atoms with Gasteiger partial charge < -0.3 is 9.09 Å². The van der Waals surface area contributed by atoms with Crippen LogP contribution < -0.4 is 4.90 Å². The Labute approximate surface area is 180 Å². The Hall–Kier alpha value is -3.22. The number of carbonyl (C=O) groups is 1. The van der Waals surface area contributed by atoms with Gasteiger partial charge in [0, 0.05) is 24.7 Å². The molecule has 3 aromatic heterocycles. The monoisotopic (exact) mass is 415 g/mol. The number of hydrogen-bond donors (Lipinski definition) is 0. The van der Waals surface area contributed by atoms with Crippen LogP contribution in [0.4, 0.5) is 5.95 Å². The van der Waals surface area contributed by atoms with Crippen molar-refractivity contribution >= 4 is 34.0 Å². The van der Waals surface area contributed by atoms with Gasteiger partial charge in [-0.05, 0) is 42.9 Å². The fraction of sp³-hybridized carbons (Fsp3) is 0.417. The Kier molecular flexibility index (Phi) is 3.82. The number of nitrogens with zero attached hydrogens (tertiary/aromatic N) is 5. The van der Waals surface area contributed by atoms with Crippen LogP contribution in [-0.2, 0) is 13.0 Å². The van der Waals surface area contributed by atoms with Gasteiger partial charge in [-0.15, -0.1) is 0 Å². The number of pyridine rings is 1. The van der Waals surface area contributed by atoms with Crippen molar-refractivity contribution in [3.8, 4) is 0 Å². The first-order valence-electron chi connectivity index (χ1n) is 11.0. The zero-order valence-electron chi connectivity index (χ0n) is 18.1. The molecule has 7 heteroatoms. The Morgan fingerprint density at radius 2 is 1.97 bits per heavy atom. The molecule has 0 N–H and O–H groups in total. The van der Waals surface area contributed by atoms with Gasteiger partial charge in [0.05, 0.1) is 27.7 Å². The molecule has 0 bridgehead atoms. The number of aromatic nitrogens is 4. The van der Waals surface area contributed by atoms with Gasteiger partial charge in [-0.25, -0.2) is 9.97 Å². The van der Waals surface area contributed by atoms with Gasteiger partial charge in [-0.2, -0.15) is 0 Å². The molecule has 0 atom stereocenters. The van der Waals surface area contributed by atoms with E-state index in [0.717, 1.165) is 47.2 Å².